The Labute approximate surface area is 164 Å². The Bertz CT molecular complexity index is 962. The molecule has 0 spiro atoms. The maximum Gasteiger partial charge on any atom is 0.243 e. The molecule has 1 unspecified atom stereocenters. The van der Waals surface area contributed by atoms with Crippen LogP contribution in [0.5, 0.6) is 11.5 Å². The van der Waals surface area contributed by atoms with E-state index in [-0.39, 0.29) is 17.3 Å². The molecule has 1 N–H and O–H groups in total. The van der Waals surface area contributed by atoms with E-state index < -0.39 is 16.1 Å². The Morgan fingerprint density at radius 2 is 1.86 bits per heavy atom. The van der Waals surface area contributed by atoms with Crippen molar-refractivity contribution in [2.75, 3.05) is 19.8 Å². The second-order valence-corrected chi connectivity index (χ2v) is 8.64. The zero-order valence-electron chi connectivity index (χ0n) is 15.3. The van der Waals surface area contributed by atoms with E-state index in [1.54, 1.807) is 30.3 Å². The van der Waals surface area contributed by atoms with Crippen LogP contribution in [0.1, 0.15) is 18.4 Å². The van der Waals surface area contributed by atoms with Crippen molar-refractivity contribution in [2.45, 2.75) is 30.3 Å². The number of sulfonamides is 1. The Morgan fingerprint density at radius 3 is 2.68 bits per heavy atom. The van der Waals surface area contributed by atoms with Gasteiger partial charge in [0.2, 0.25) is 15.9 Å². The van der Waals surface area contributed by atoms with Crippen molar-refractivity contribution in [3.05, 3.63) is 54.1 Å². The number of hydrogen-bond donors (Lipinski definition) is 1. The quantitative estimate of drug-likeness (QED) is 0.826. The molecule has 1 amide bonds. The molecule has 2 aliphatic heterocycles. The van der Waals surface area contributed by atoms with Crippen LogP contribution in [0.3, 0.4) is 0 Å². The summed E-state index contributed by atoms with van der Waals surface area (Å²) in [5.74, 6) is 0.993. The molecule has 1 atom stereocenters. The number of nitrogens with one attached hydrogen (secondary N) is 1. The van der Waals surface area contributed by atoms with Gasteiger partial charge in [0.15, 0.2) is 11.5 Å². The predicted octanol–water partition coefficient (Wildman–Crippen LogP) is 1.93. The summed E-state index contributed by atoms with van der Waals surface area (Å²) in [7, 11) is -3.70. The molecule has 2 aliphatic rings. The third-order valence-corrected chi connectivity index (χ3v) is 6.88. The van der Waals surface area contributed by atoms with Crippen molar-refractivity contribution < 1.29 is 22.7 Å². The number of ether oxygens (including phenoxy) is 2. The second kappa shape index (κ2) is 7.81. The molecular formula is C20H22N2O5S. The minimum Gasteiger partial charge on any atom is -0.486 e. The zero-order chi connectivity index (χ0) is 19.6. The molecule has 148 valence electrons. The summed E-state index contributed by atoms with van der Waals surface area (Å²) in [6.07, 6.45) is 1.16. The Morgan fingerprint density at radius 1 is 1.07 bits per heavy atom. The molecule has 1 fully saturated rings. The molecule has 2 aromatic rings. The van der Waals surface area contributed by atoms with Gasteiger partial charge in [-0.15, -0.1) is 0 Å². The zero-order valence-corrected chi connectivity index (χ0v) is 16.2. The van der Waals surface area contributed by atoms with Crippen LogP contribution in [-0.4, -0.2) is 44.4 Å². The van der Waals surface area contributed by atoms with Gasteiger partial charge in [0, 0.05) is 18.7 Å². The fourth-order valence-electron chi connectivity index (χ4n) is 3.59. The van der Waals surface area contributed by atoms with E-state index in [2.05, 4.69) is 5.32 Å². The van der Waals surface area contributed by atoms with Crippen LogP contribution in [0.4, 0.5) is 0 Å². The van der Waals surface area contributed by atoms with Gasteiger partial charge in [0.25, 0.3) is 0 Å². The van der Waals surface area contributed by atoms with E-state index >= 15 is 0 Å². The molecule has 4 rings (SSSR count). The van der Waals surface area contributed by atoms with Crippen molar-refractivity contribution in [1.29, 1.82) is 0 Å². The Kier molecular flexibility index (Phi) is 5.23. The highest BCUT2D eigenvalue weighted by atomic mass is 32.2. The number of para-hydroxylation sites is 1. The third kappa shape index (κ3) is 3.57. The molecule has 2 aromatic carbocycles. The van der Waals surface area contributed by atoms with Crippen LogP contribution in [0, 0.1) is 0 Å². The highest BCUT2D eigenvalue weighted by Crippen LogP contribution is 2.33. The van der Waals surface area contributed by atoms with Gasteiger partial charge in [0.05, 0.1) is 4.90 Å². The first-order chi connectivity index (χ1) is 13.6. The van der Waals surface area contributed by atoms with Crippen molar-refractivity contribution in [2.24, 2.45) is 0 Å². The van der Waals surface area contributed by atoms with Gasteiger partial charge in [-0.1, -0.05) is 30.3 Å². The van der Waals surface area contributed by atoms with Gasteiger partial charge < -0.3 is 14.8 Å². The number of hydrogen-bond acceptors (Lipinski definition) is 5. The smallest absolute Gasteiger partial charge is 0.243 e. The molecule has 7 nitrogen and oxygen atoms in total. The molecule has 0 bridgehead atoms. The maximum atomic E-state index is 12.9. The number of nitrogens with zero attached hydrogens (tertiary/aromatic N) is 1. The van der Waals surface area contributed by atoms with Gasteiger partial charge in [-0.3, -0.25) is 4.79 Å². The average Bonchev–Trinajstić information content (AvgIpc) is 3.23. The average molecular weight is 402 g/mol. The Balaban J connectivity index is 1.48. The summed E-state index contributed by atoms with van der Waals surface area (Å²) in [6.45, 7) is 1.55. The first-order valence-corrected chi connectivity index (χ1v) is 10.7. The monoisotopic (exact) mass is 402 g/mol. The number of benzene rings is 2. The molecule has 28 heavy (non-hydrogen) atoms. The fourth-order valence-corrected chi connectivity index (χ4v) is 5.27. The SMILES string of the molecule is O=C(NCc1cccc2c1OCCO2)C1CCCN1S(=O)(=O)c1ccccc1. The lowest BCUT2D eigenvalue weighted by Gasteiger charge is -2.24. The highest BCUT2D eigenvalue weighted by Gasteiger charge is 2.39. The van der Waals surface area contributed by atoms with Gasteiger partial charge in [-0.2, -0.15) is 4.31 Å². The van der Waals surface area contributed by atoms with Gasteiger partial charge >= 0.3 is 0 Å². The Hall–Kier alpha value is -2.58. The van der Waals surface area contributed by atoms with E-state index in [0.29, 0.717) is 44.1 Å². The number of carbonyl (C=O) groups is 1. The lowest BCUT2D eigenvalue weighted by Crippen LogP contribution is -2.45. The molecule has 2 heterocycles. The first kappa shape index (κ1) is 18.8. The third-order valence-electron chi connectivity index (χ3n) is 4.96. The minimum absolute atomic E-state index is 0.206. The van der Waals surface area contributed by atoms with Crippen molar-refractivity contribution in [3.63, 3.8) is 0 Å². The molecular weight excluding hydrogens is 380 g/mol. The van der Waals surface area contributed by atoms with Crippen LogP contribution in [-0.2, 0) is 21.4 Å². The molecule has 1 saturated heterocycles. The number of amides is 1. The number of fused-ring (bicyclic) bond motifs is 1. The summed E-state index contributed by atoms with van der Waals surface area (Å²) in [6, 6.07) is 13.0. The summed E-state index contributed by atoms with van der Waals surface area (Å²) in [4.78, 5) is 13.0. The van der Waals surface area contributed by atoms with Crippen LogP contribution in [0.2, 0.25) is 0 Å². The normalized spacial score (nSPS) is 19.4. The number of rotatable bonds is 5. The summed E-state index contributed by atoms with van der Waals surface area (Å²) < 4.78 is 38.4. The van der Waals surface area contributed by atoms with E-state index in [4.69, 9.17) is 9.47 Å². The molecule has 0 aliphatic carbocycles. The van der Waals surface area contributed by atoms with E-state index in [1.807, 2.05) is 18.2 Å². The lowest BCUT2D eigenvalue weighted by atomic mass is 10.1. The molecule has 8 heteroatoms. The van der Waals surface area contributed by atoms with Crippen molar-refractivity contribution >= 4 is 15.9 Å². The van der Waals surface area contributed by atoms with Gasteiger partial charge in [0.1, 0.15) is 19.3 Å². The van der Waals surface area contributed by atoms with Crippen LogP contribution >= 0.6 is 0 Å². The summed E-state index contributed by atoms with van der Waals surface area (Å²) in [5, 5.41) is 2.86. The fraction of sp³-hybridized carbons (Fsp3) is 0.350. The topological polar surface area (TPSA) is 84.9 Å². The summed E-state index contributed by atoms with van der Waals surface area (Å²) >= 11 is 0. The number of carbonyl (C=O) groups excluding carboxylic acids is 1. The van der Waals surface area contributed by atoms with E-state index in [0.717, 1.165) is 5.56 Å². The lowest BCUT2D eigenvalue weighted by molar-refractivity contribution is -0.124. The van der Waals surface area contributed by atoms with Crippen LogP contribution < -0.4 is 14.8 Å². The highest BCUT2D eigenvalue weighted by molar-refractivity contribution is 7.89. The predicted molar refractivity (Wildman–Crippen MR) is 103 cm³/mol. The van der Waals surface area contributed by atoms with E-state index in [9.17, 15) is 13.2 Å². The molecule has 0 radical (unpaired) electrons. The van der Waals surface area contributed by atoms with E-state index in [1.165, 1.54) is 4.31 Å². The first-order valence-electron chi connectivity index (χ1n) is 9.29. The molecule has 0 aromatic heterocycles. The molecule has 0 saturated carbocycles. The van der Waals surface area contributed by atoms with Crippen molar-refractivity contribution in [3.8, 4) is 11.5 Å². The van der Waals surface area contributed by atoms with Crippen molar-refractivity contribution in [1.82, 2.24) is 9.62 Å². The maximum absolute atomic E-state index is 12.9. The summed E-state index contributed by atoms with van der Waals surface area (Å²) in [5.41, 5.74) is 0.806. The van der Waals surface area contributed by atoms with Gasteiger partial charge in [-0.25, -0.2) is 8.42 Å². The minimum atomic E-state index is -3.70. The van der Waals surface area contributed by atoms with Crippen LogP contribution in [0.15, 0.2) is 53.4 Å². The standard InChI is InChI=1S/C20H22N2O5S/c23-20(21-14-15-6-4-10-18-19(15)27-13-12-26-18)17-9-5-11-22(17)28(24,25)16-7-2-1-3-8-16/h1-4,6-8,10,17H,5,9,11-14H2,(H,21,23). The van der Waals surface area contributed by atoms with Gasteiger partial charge in [-0.05, 0) is 31.0 Å². The largest absolute Gasteiger partial charge is 0.486 e. The second-order valence-electron chi connectivity index (χ2n) is 6.75. The van der Waals surface area contributed by atoms with Crippen LogP contribution in [0.25, 0.3) is 0 Å².